The molecule has 0 spiro atoms. The summed E-state index contributed by atoms with van der Waals surface area (Å²) in [7, 11) is -2.23. The van der Waals surface area contributed by atoms with Crippen molar-refractivity contribution in [3.8, 4) is 0 Å². The molecule has 0 unspecified atom stereocenters. The maximum absolute atomic E-state index is 12.6. The Kier molecular flexibility index (Phi) is 4.22. The number of aromatic nitrogens is 3. The van der Waals surface area contributed by atoms with Crippen LogP contribution in [0.2, 0.25) is 5.02 Å². The van der Waals surface area contributed by atoms with Crippen LogP contribution in [0.4, 0.5) is 5.69 Å². The molecule has 114 valence electrons. The molecule has 0 aliphatic carbocycles. The molecule has 9 heteroatoms. The molecule has 2 rings (SSSR count). The number of halogens is 1. The van der Waals surface area contributed by atoms with Gasteiger partial charge in [-0.15, -0.1) is 0 Å². The van der Waals surface area contributed by atoms with Crippen LogP contribution in [0.25, 0.3) is 0 Å². The number of H-pyrrole nitrogens is 1. The van der Waals surface area contributed by atoms with Gasteiger partial charge in [-0.05, 0) is 31.5 Å². The van der Waals surface area contributed by atoms with Gasteiger partial charge in [0.05, 0.1) is 22.2 Å². The SMILES string of the molecule is Cc1nc(CN(C)S(=O)(=O)c2cc(N)c(Cl)cc2C)n[nH]1. The second-order valence-electron chi connectivity index (χ2n) is 4.74. The lowest BCUT2D eigenvalue weighted by Crippen LogP contribution is -2.27. The lowest BCUT2D eigenvalue weighted by molar-refractivity contribution is 0.457. The molecule has 1 aromatic carbocycles. The van der Waals surface area contributed by atoms with Crippen molar-refractivity contribution in [2.24, 2.45) is 0 Å². The fraction of sp³-hybridized carbons (Fsp3) is 0.333. The summed E-state index contributed by atoms with van der Waals surface area (Å²) in [6, 6.07) is 2.90. The number of nitrogens with two attached hydrogens (primary N) is 1. The van der Waals surface area contributed by atoms with E-state index in [1.165, 1.54) is 23.5 Å². The van der Waals surface area contributed by atoms with Gasteiger partial charge < -0.3 is 5.73 Å². The zero-order valence-corrected chi connectivity index (χ0v) is 13.5. The number of nitrogens with one attached hydrogen (secondary N) is 1. The van der Waals surface area contributed by atoms with E-state index < -0.39 is 10.0 Å². The van der Waals surface area contributed by atoms with E-state index >= 15 is 0 Å². The van der Waals surface area contributed by atoms with Crippen molar-refractivity contribution in [3.63, 3.8) is 0 Å². The third-order valence-corrected chi connectivity index (χ3v) is 5.26. The molecule has 0 amide bonds. The molecule has 1 heterocycles. The smallest absolute Gasteiger partial charge is 0.243 e. The van der Waals surface area contributed by atoms with Crippen molar-refractivity contribution in [2.45, 2.75) is 25.3 Å². The summed E-state index contributed by atoms with van der Waals surface area (Å²) in [5.74, 6) is 1.03. The van der Waals surface area contributed by atoms with Gasteiger partial charge in [0.25, 0.3) is 0 Å². The Bertz CT molecular complexity index is 772. The Hall–Kier alpha value is -1.64. The minimum atomic E-state index is -3.70. The van der Waals surface area contributed by atoms with Crippen molar-refractivity contribution in [2.75, 3.05) is 12.8 Å². The maximum Gasteiger partial charge on any atom is 0.243 e. The highest BCUT2D eigenvalue weighted by atomic mass is 35.5. The largest absolute Gasteiger partial charge is 0.397 e. The third-order valence-electron chi connectivity index (χ3n) is 2.99. The zero-order valence-electron chi connectivity index (χ0n) is 11.9. The van der Waals surface area contributed by atoms with Crippen molar-refractivity contribution in [3.05, 3.63) is 34.4 Å². The second kappa shape index (κ2) is 5.63. The van der Waals surface area contributed by atoms with E-state index in [9.17, 15) is 8.42 Å². The van der Waals surface area contributed by atoms with Crippen LogP contribution in [-0.2, 0) is 16.6 Å². The van der Waals surface area contributed by atoms with Gasteiger partial charge >= 0.3 is 0 Å². The van der Waals surface area contributed by atoms with Crippen molar-refractivity contribution >= 4 is 27.3 Å². The lowest BCUT2D eigenvalue weighted by Gasteiger charge is -2.17. The number of anilines is 1. The summed E-state index contributed by atoms with van der Waals surface area (Å²) in [6.45, 7) is 3.48. The number of nitrogen functional groups attached to an aromatic ring is 1. The summed E-state index contributed by atoms with van der Waals surface area (Å²) in [5, 5.41) is 6.93. The van der Waals surface area contributed by atoms with Crippen LogP contribution in [0.1, 0.15) is 17.2 Å². The first-order valence-electron chi connectivity index (χ1n) is 6.11. The Morgan fingerprint density at radius 3 is 2.62 bits per heavy atom. The molecule has 0 radical (unpaired) electrons. The number of hydrogen-bond donors (Lipinski definition) is 2. The molecular formula is C12H16ClN5O2S. The normalized spacial score (nSPS) is 12.0. The predicted molar refractivity (Wildman–Crippen MR) is 80.4 cm³/mol. The number of aryl methyl sites for hydroxylation is 2. The fourth-order valence-electron chi connectivity index (χ4n) is 1.86. The van der Waals surface area contributed by atoms with Gasteiger partial charge in [0, 0.05) is 7.05 Å². The van der Waals surface area contributed by atoms with Crippen LogP contribution in [0.15, 0.2) is 17.0 Å². The molecule has 1 aromatic heterocycles. The molecule has 0 bridgehead atoms. The van der Waals surface area contributed by atoms with Crippen molar-refractivity contribution in [1.82, 2.24) is 19.5 Å². The molecular weight excluding hydrogens is 314 g/mol. The highest BCUT2D eigenvalue weighted by Crippen LogP contribution is 2.28. The average Bonchev–Trinajstić information content (AvgIpc) is 2.79. The van der Waals surface area contributed by atoms with Crippen LogP contribution in [0.5, 0.6) is 0 Å². The maximum atomic E-state index is 12.6. The van der Waals surface area contributed by atoms with E-state index in [4.69, 9.17) is 17.3 Å². The number of rotatable bonds is 4. The van der Waals surface area contributed by atoms with Gasteiger partial charge in [-0.2, -0.15) is 9.40 Å². The monoisotopic (exact) mass is 329 g/mol. The Labute approximate surface area is 128 Å². The first-order valence-corrected chi connectivity index (χ1v) is 7.93. The molecule has 0 saturated heterocycles. The van der Waals surface area contributed by atoms with Crippen LogP contribution in [0.3, 0.4) is 0 Å². The van der Waals surface area contributed by atoms with E-state index in [2.05, 4.69) is 15.2 Å². The number of nitrogens with zero attached hydrogens (tertiary/aromatic N) is 3. The van der Waals surface area contributed by atoms with E-state index in [1.54, 1.807) is 13.8 Å². The standard InChI is InChI=1S/C12H16ClN5O2S/c1-7-4-9(13)10(14)5-11(7)21(19,20)18(3)6-12-15-8(2)16-17-12/h4-5H,6,14H2,1-3H3,(H,15,16,17). The summed E-state index contributed by atoms with van der Waals surface area (Å²) in [4.78, 5) is 4.22. The zero-order chi connectivity index (χ0) is 15.8. The summed E-state index contributed by atoms with van der Waals surface area (Å²) in [5.41, 5.74) is 6.46. The molecule has 0 saturated carbocycles. The number of hydrogen-bond acceptors (Lipinski definition) is 5. The van der Waals surface area contributed by atoms with Gasteiger partial charge in [-0.1, -0.05) is 11.6 Å². The van der Waals surface area contributed by atoms with Crippen LogP contribution < -0.4 is 5.73 Å². The molecule has 7 nitrogen and oxygen atoms in total. The number of benzene rings is 1. The molecule has 0 aliphatic heterocycles. The molecule has 0 aliphatic rings. The van der Waals surface area contributed by atoms with Gasteiger partial charge in [-0.25, -0.2) is 13.4 Å². The first kappa shape index (κ1) is 15.7. The average molecular weight is 330 g/mol. The summed E-state index contributed by atoms with van der Waals surface area (Å²) >= 11 is 5.89. The highest BCUT2D eigenvalue weighted by Gasteiger charge is 2.25. The van der Waals surface area contributed by atoms with Gasteiger partial charge in [0.1, 0.15) is 5.82 Å². The molecule has 21 heavy (non-hydrogen) atoms. The van der Waals surface area contributed by atoms with Crippen molar-refractivity contribution in [1.29, 1.82) is 0 Å². The van der Waals surface area contributed by atoms with E-state index in [1.807, 2.05) is 0 Å². The minimum absolute atomic E-state index is 0.0641. The van der Waals surface area contributed by atoms with Gasteiger partial charge in [0.15, 0.2) is 5.82 Å². The van der Waals surface area contributed by atoms with Crippen LogP contribution in [0, 0.1) is 13.8 Å². The quantitative estimate of drug-likeness (QED) is 0.826. The molecule has 2 aromatic rings. The third kappa shape index (κ3) is 3.17. The van der Waals surface area contributed by atoms with Crippen LogP contribution >= 0.6 is 11.6 Å². The van der Waals surface area contributed by atoms with E-state index in [0.29, 0.717) is 22.2 Å². The topological polar surface area (TPSA) is 105 Å². The Morgan fingerprint density at radius 1 is 1.38 bits per heavy atom. The molecule has 3 N–H and O–H groups in total. The highest BCUT2D eigenvalue weighted by molar-refractivity contribution is 7.89. The van der Waals surface area contributed by atoms with E-state index in [-0.39, 0.29) is 17.1 Å². The van der Waals surface area contributed by atoms with Crippen LogP contribution in [-0.4, -0.2) is 35.0 Å². The fourth-order valence-corrected chi connectivity index (χ4v) is 3.44. The summed E-state index contributed by atoms with van der Waals surface area (Å²) in [6.07, 6.45) is 0. The number of aromatic amines is 1. The Balaban J connectivity index is 2.35. The summed E-state index contributed by atoms with van der Waals surface area (Å²) < 4.78 is 26.4. The minimum Gasteiger partial charge on any atom is -0.397 e. The van der Waals surface area contributed by atoms with Gasteiger partial charge in [0.2, 0.25) is 10.0 Å². The first-order chi connectivity index (χ1) is 9.71. The predicted octanol–water partition coefficient (Wildman–Crippen LogP) is 1.48. The lowest BCUT2D eigenvalue weighted by atomic mass is 10.2. The van der Waals surface area contributed by atoms with E-state index in [0.717, 1.165) is 0 Å². The molecule has 0 atom stereocenters. The Morgan fingerprint density at radius 2 is 2.05 bits per heavy atom. The number of sulfonamides is 1. The second-order valence-corrected chi connectivity index (χ2v) is 7.16. The van der Waals surface area contributed by atoms with Gasteiger partial charge in [-0.3, -0.25) is 5.10 Å². The molecule has 0 fully saturated rings. The van der Waals surface area contributed by atoms with Crippen molar-refractivity contribution < 1.29 is 8.42 Å².